The van der Waals surface area contributed by atoms with E-state index in [9.17, 15) is 0 Å². The van der Waals surface area contributed by atoms with Crippen molar-refractivity contribution in [3.05, 3.63) is 64.8 Å². The van der Waals surface area contributed by atoms with Crippen molar-refractivity contribution in [1.82, 2.24) is 9.88 Å². The van der Waals surface area contributed by atoms with Crippen molar-refractivity contribution in [1.29, 1.82) is 0 Å². The molecule has 130 valence electrons. The minimum absolute atomic E-state index is 0.584. The highest BCUT2D eigenvalue weighted by molar-refractivity contribution is 6.30. The first-order valence-corrected chi connectivity index (χ1v) is 9.23. The molecule has 2 heterocycles. The number of nitrogens with one attached hydrogen (secondary N) is 1. The van der Waals surface area contributed by atoms with E-state index >= 15 is 0 Å². The number of likely N-dealkylation sites (tertiary alicyclic amines) is 1. The van der Waals surface area contributed by atoms with E-state index in [1.807, 2.05) is 18.2 Å². The van der Waals surface area contributed by atoms with E-state index in [1.165, 1.54) is 41.4 Å². The molecule has 0 saturated carbocycles. The van der Waals surface area contributed by atoms with Crippen LogP contribution in [0.2, 0.25) is 5.02 Å². The quantitative estimate of drug-likeness (QED) is 0.695. The number of benzene rings is 2. The first kappa shape index (κ1) is 16.5. The zero-order valence-electron chi connectivity index (χ0n) is 14.5. The van der Waals surface area contributed by atoms with Crippen LogP contribution in [0.1, 0.15) is 24.0 Å². The summed E-state index contributed by atoms with van der Waals surface area (Å²) in [6.45, 7) is 2.16. The molecule has 1 saturated heterocycles. The van der Waals surface area contributed by atoms with Gasteiger partial charge < -0.3 is 9.72 Å². The molecule has 3 aromatic rings. The summed E-state index contributed by atoms with van der Waals surface area (Å²) in [6, 6.07) is 15.0. The molecule has 25 heavy (non-hydrogen) atoms. The number of fused-ring (bicyclic) bond motifs is 1. The second-order valence-corrected chi connectivity index (χ2v) is 7.26. The highest BCUT2D eigenvalue weighted by Gasteiger charge is 2.25. The SMILES string of the molecule is COc1ccc2[nH]cc(CC3CCCN3Cc3ccc(Cl)cc3)c2c1. The van der Waals surface area contributed by atoms with Crippen LogP contribution in [0.15, 0.2) is 48.7 Å². The van der Waals surface area contributed by atoms with Crippen molar-refractivity contribution >= 4 is 22.5 Å². The Kier molecular flexibility index (Phi) is 4.69. The normalized spacial score (nSPS) is 18.1. The minimum atomic E-state index is 0.584. The molecule has 0 aliphatic carbocycles. The highest BCUT2D eigenvalue weighted by atomic mass is 35.5. The Labute approximate surface area is 153 Å². The first-order chi connectivity index (χ1) is 12.2. The Balaban J connectivity index is 1.52. The predicted octanol–water partition coefficient (Wildman–Crippen LogP) is 5.04. The van der Waals surface area contributed by atoms with Gasteiger partial charge >= 0.3 is 0 Å². The lowest BCUT2D eigenvalue weighted by Crippen LogP contribution is -2.30. The molecular weight excluding hydrogens is 332 g/mol. The summed E-state index contributed by atoms with van der Waals surface area (Å²) < 4.78 is 5.39. The molecule has 1 fully saturated rings. The number of hydrogen-bond donors (Lipinski definition) is 1. The summed E-state index contributed by atoms with van der Waals surface area (Å²) in [5.74, 6) is 0.915. The summed E-state index contributed by atoms with van der Waals surface area (Å²) >= 11 is 6.00. The Morgan fingerprint density at radius 1 is 1.20 bits per heavy atom. The molecule has 1 N–H and O–H groups in total. The van der Waals surface area contributed by atoms with Crippen molar-refractivity contribution in [2.45, 2.75) is 31.8 Å². The van der Waals surface area contributed by atoms with Crippen LogP contribution in [-0.2, 0) is 13.0 Å². The standard InChI is InChI=1S/C21H23ClN2O/c1-25-19-8-9-21-20(12-19)16(13-23-21)11-18-3-2-10-24(18)14-15-4-6-17(22)7-5-15/h4-9,12-13,18,23H,2-3,10-11,14H2,1H3. The molecule has 2 aromatic carbocycles. The predicted molar refractivity (Wildman–Crippen MR) is 103 cm³/mol. The zero-order chi connectivity index (χ0) is 17.2. The van der Waals surface area contributed by atoms with Crippen LogP contribution in [0, 0.1) is 0 Å². The third-order valence-corrected chi connectivity index (χ3v) is 5.48. The van der Waals surface area contributed by atoms with Gasteiger partial charge in [0.1, 0.15) is 5.75 Å². The number of aromatic amines is 1. The highest BCUT2D eigenvalue weighted by Crippen LogP contribution is 2.29. The average Bonchev–Trinajstić information content (AvgIpc) is 3.24. The molecule has 0 bridgehead atoms. The fourth-order valence-corrected chi connectivity index (χ4v) is 3.99. The van der Waals surface area contributed by atoms with Gasteiger partial charge in [-0.3, -0.25) is 4.90 Å². The van der Waals surface area contributed by atoms with Crippen LogP contribution < -0.4 is 4.74 Å². The van der Waals surface area contributed by atoms with Gasteiger partial charge in [-0.15, -0.1) is 0 Å². The van der Waals surface area contributed by atoms with E-state index in [-0.39, 0.29) is 0 Å². The summed E-state index contributed by atoms with van der Waals surface area (Å²) in [5, 5.41) is 2.08. The van der Waals surface area contributed by atoms with Gasteiger partial charge in [-0.05, 0) is 67.3 Å². The lowest BCUT2D eigenvalue weighted by molar-refractivity contribution is 0.244. The van der Waals surface area contributed by atoms with Crippen molar-refractivity contribution < 1.29 is 4.74 Å². The lowest BCUT2D eigenvalue weighted by Gasteiger charge is -2.24. The van der Waals surface area contributed by atoms with Crippen molar-refractivity contribution in [3.63, 3.8) is 0 Å². The third kappa shape index (κ3) is 3.53. The Bertz CT molecular complexity index is 856. The molecule has 1 aliphatic rings. The number of aromatic nitrogens is 1. The Morgan fingerprint density at radius 3 is 2.84 bits per heavy atom. The van der Waals surface area contributed by atoms with Crippen molar-refractivity contribution in [3.8, 4) is 5.75 Å². The monoisotopic (exact) mass is 354 g/mol. The van der Waals surface area contributed by atoms with Gasteiger partial charge in [-0.1, -0.05) is 23.7 Å². The van der Waals surface area contributed by atoms with Gasteiger partial charge in [0.15, 0.2) is 0 Å². The van der Waals surface area contributed by atoms with E-state index < -0.39 is 0 Å². The number of rotatable bonds is 5. The molecule has 1 aliphatic heterocycles. The van der Waals surface area contributed by atoms with Gasteiger partial charge in [0.25, 0.3) is 0 Å². The van der Waals surface area contributed by atoms with Crippen molar-refractivity contribution in [2.24, 2.45) is 0 Å². The van der Waals surface area contributed by atoms with Crippen LogP contribution in [-0.4, -0.2) is 29.6 Å². The second kappa shape index (κ2) is 7.11. The second-order valence-electron chi connectivity index (χ2n) is 6.82. The fourth-order valence-electron chi connectivity index (χ4n) is 3.87. The maximum absolute atomic E-state index is 6.00. The van der Waals surface area contributed by atoms with Crippen LogP contribution in [0.25, 0.3) is 10.9 Å². The largest absolute Gasteiger partial charge is 0.497 e. The number of H-pyrrole nitrogens is 1. The number of halogens is 1. The van der Waals surface area contributed by atoms with E-state index in [2.05, 4.69) is 40.3 Å². The molecule has 0 spiro atoms. The molecular formula is C21H23ClN2O. The van der Waals surface area contributed by atoms with Crippen LogP contribution in [0.4, 0.5) is 0 Å². The van der Waals surface area contributed by atoms with Gasteiger partial charge in [0.05, 0.1) is 7.11 Å². The van der Waals surface area contributed by atoms with Gasteiger partial charge in [0.2, 0.25) is 0 Å². The Hall–Kier alpha value is -1.97. The maximum atomic E-state index is 6.00. The van der Waals surface area contributed by atoms with E-state index in [0.717, 1.165) is 23.7 Å². The molecule has 3 nitrogen and oxygen atoms in total. The molecule has 1 unspecified atom stereocenters. The number of nitrogens with zero attached hydrogens (tertiary/aromatic N) is 1. The zero-order valence-corrected chi connectivity index (χ0v) is 15.2. The van der Waals surface area contributed by atoms with E-state index in [1.54, 1.807) is 7.11 Å². The molecule has 0 radical (unpaired) electrons. The molecule has 0 amide bonds. The Morgan fingerprint density at radius 2 is 2.04 bits per heavy atom. The maximum Gasteiger partial charge on any atom is 0.119 e. The summed E-state index contributed by atoms with van der Waals surface area (Å²) in [6.07, 6.45) is 5.75. The topological polar surface area (TPSA) is 28.3 Å². The van der Waals surface area contributed by atoms with Gasteiger partial charge in [0, 0.05) is 34.7 Å². The minimum Gasteiger partial charge on any atom is -0.497 e. The summed E-state index contributed by atoms with van der Waals surface area (Å²) in [5.41, 5.74) is 3.89. The molecule has 1 atom stereocenters. The van der Waals surface area contributed by atoms with E-state index in [0.29, 0.717) is 6.04 Å². The number of ether oxygens (including phenoxy) is 1. The van der Waals surface area contributed by atoms with Crippen LogP contribution in [0.3, 0.4) is 0 Å². The van der Waals surface area contributed by atoms with Gasteiger partial charge in [-0.2, -0.15) is 0 Å². The molecule has 1 aromatic heterocycles. The summed E-state index contributed by atoms with van der Waals surface area (Å²) in [4.78, 5) is 5.99. The fraction of sp³-hybridized carbons (Fsp3) is 0.333. The van der Waals surface area contributed by atoms with Crippen LogP contribution >= 0.6 is 11.6 Å². The first-order valence-electron chi connectivity index (χ1n) is 8.85. The van der Waals surface area contributed by atoms with Crippen LogP contribution in [0.5, 0.6) is 5.75 Å². The summed E-state index contributed by atoms with van der Waals surface area (Å²) in [7, 11) is 1.72. The lowest BCUT2D eigenvalue weighted by atomic mass is 10.0. The average molecular weight is 355 g/mol. The van der Waals surface area contributed by atoms with E-state index in [4.69, 9.17) is 16.3 Å². The molecule has 4 rings (SSSR count). The number of methoxy groups -OCH3 is 1. The third-order valence-electron chi connectivity index (χ3n) is 5.23. The van der Waals surface area contributed by atoms with Crippen molar-refractivity contribution in [2.75, 3.05) is 13.7 Å². The number of hydrogen-bond acceptors (Lipinski definition) is 2. The molecule has 4 heteroatoms. The smallest absolute Gasteiger partial charge is 0.119 e. The van der Waals surface area contributed by atoms with Gasteiger partial charge in [-0.25, -0.2) is 0 Å².